The quantitative estimate of drug-likeness (QED) is 0.262. The van der Waals surface area contributed by atoms with Gasteiger partial charge in [0.25, 0.3) is 0 Å². The Morgan fingerprint density at radius 3 is 2.74 bits per heavy atom. The van der Waals surface area contributed by atoms with Crippen LogP contribution in [0.3, 0.4) is 0 Å². The van der Waals surface area contributed by atoms with Crippen LogP contribution in [0.1, 0.15) is 37.8 Å². The summed E-state index contributed by atoms with van der Waals surface area (Å²) < 4.78 is 18.9. The van der Waals surface area contributed by atoms with E-state index in [0.29, 0.717) is 58.0 Å². The van der Waals surface area contributed by atoms with Crippen LogP contribution in [-0.4, -0.2) is 71.4 Å². The third-order valence-corrected chi connectivity index (χ3v) is 6.08. The van der Waals surface area contributed by atoms with E-state index < -0.39 is 6.10 Å². The van der Waals surface area contributed by atoms with Gasteiger partial charge in [0.1, 0.15) is 18.5 Å². The lowest BCUT2D eigenvalue weighted by molar-refractivity contribution is -0.121. The van der Waals surface area contributed by atoms with Gasteiger partial charge in [0.15, 0.2) is 0 Å². The maximum Gasteiger partial charge on any atom is 0.240 e. The number of nitrogens with one attached hydrogen (secondary N) is 2. The van der Waals surface area contributed by atoms with Crippen molar-refractivity contribution in [2.75, 3.05) is 32.9 Å². The monoisotopic (exact) mass is 523 g/mol. The molecule has 0 aliphatic carbocycles. The number of benzene rings is 2. The normalized spacial score (nSPS) is 14.5. The molecule has 2 aromatic carbocycles. The number of rotatable bonds is 15. The maximum atomic E-state index is 11.3. The molecular formula is C28H37N5O5. The van der Waals surface area contributed by atoms with Crippen LogP contribution in [-0.2, 0) is 27.4 Å². The molecule has 1 aliphatic heterocycles. The van der Waals surface area contributed by atoms with Gasteiger partial charge in [0, 0.05) is 38.0 Å². The van der Waals surface area contributed by atoms with Crippen molar-refractivity contribution in [2.24, 2.45) is 5.10 Å². The molecule has 1 aromatic heterocycles. The highest BCUT2D eigenvalue weighted by molar-refractivity contribution is 6.05. The van der Waals surface area contributed by atoms with Gasteiger partial charge in [-0.05, 0) is 43.7 Å². The van der Waals surface area contributed by atoms with Gasteiger partial charge in [-0.25, -0.2) is 10.4 Å². The molecule has 3 aromatic rings. The van der Waals surface area contributed by atoms with Gasteiger partial charge >= 0.3 is 0 Å². The van der Waals surface area contributed by atoms with E-state index in [-0.39, 0.29) is 18.6 Å². The summed E-state index contributed by atoms with van der Waals surface area (Å²) in [5.74, 6) is 0.657. The number of carbonyl (C=O) groups is 1. The molecule has 1 unspecified atom stereocenters. The molecule has 3 N–H and O–H groups in total. The fourth-order valence-electron chi connectivity index (χ4n) is 4.04. The van der Waals surface area contributed by atoms with Gasteiger partial charge in [-0.1, -0.05) is 18.2 Å². The second-order valence-corrected chi connectivity index (χ2v) is 9.52. The van der Waals surface area contributed by atoms with Crippen molar-refractivity contribution in [1.82, 2.24) is 20.3 Å². The number of fused-ring (bicyclic) bond motifs is 1. The summed E-state index contributed by atoms with van der Waals surface area (Å²) in [5.41, 5.74) is 7.34. The molecule has 10 nitrogen and oxygen atoms in total. The van der Waals surface area contributed by atoms with Crippen molar-refractivity contribution in [3.8, 4) is 5.75 Å². The van der Waals surface area contributed by atoms with Crippen molar-refractivity contribution in [3.63, 3.8) is 0 Å². The standard InChI is InChI=1S/C28H37N5O5/c1-20(2)37-14-13-36-17-21-3-6-24(7-4-21)38-18-23(34)16-29-11-12-33-19-30-26-15-22(5-9-27(26)33)25-8-10-28(35)32-31-25/h3-7,9,15,19-20,23,29,34H,8,10-14,16-18H2,1-2H3,(H,32,35). The molecule has 1 atom stereocenters. The molecular weight excluding hydrogens is 486 g/mol. The summed E-state index contributed by atoms with van der Waals surface area (Å²) >= 11 is 0. The van der Waals surface area contributed by atoms with E-state index >= 15 is 0 Å². The van der Waals surface area contributed by atoms with E-state index in [0.717, 1.165) is 27.9 Å². The van der Waals surface area contributed by atoms with E-state index in [1.807, 2.05) is 62.6 Å². The lowest BCUT2D eigenvalue weighted by Crippen LogP contribution is -2.33. The minimum atomic E-state index is -0.627. The first kappa shape index (κ1) is 27.7. The van der Waals surface area contributed by atoms with Gasteiger partial charge in [-0.15, -0.1) is 0 Å². The number of hydrazone groups is 1. The highest BCUT2D eigenvalue weighted by Crippen LogP contribution is 2.18. The molecule has 4 rings (SSSR count). The number of amides is 1. The van der Waals surface area contributed by atoms with E-state index in [1.165, 1.54) is 0 Å². The summed E-state index contributed by atoms with van der Waals surface area (Å²) in [5, 5.41) is 17.7. The van der Waals surface area contributed by atoms with Crippen LogP contribution in [0, 0.1) is 0 Å². The maximum absolute atomic E-state index is 11.3. The summed E-state index contributed by atoms with van der Waals surface area (Å²) in [7, 11) is 0. The fraction of sp³-hybridized carbons (Fsp3) is 0.464. The zero-order valence-corrected chi connectivity index (χ0v) is 22.1. The summed E-state index contributed by atoms with van der Waals surface area (Å²) in [4.78, 5) is 15.8. The second kappa shape index (κ2) is 14.0. The third-order valence-electron chi connectivity index (χ3n) is 6.08. The van der Waals surface area contributed by atoms with E-state index in [9.17, 15) is 9.90 Å². The lowest BCUT2D eigenvalue weighted by Gasteiger charge is -2.14. The van der Waals surface area contributed by atoms with Crippen LogP contribution in [0.25, 0.3) is 11.0 Å². The Morgan fingerprint density at radius 1 is 1.13 bits per heavy atom. The number of aliphatic hydroxyl groups excluding tert-OH is 1. The zero-order chi connectivity index (χ0) is 26.7. The molecule has 204 valence electrons. The van der Waals surface area contributed by atoms with Gasteiger partial charge in [0.05, 0.1) is 49.0 Å². The molecule has 10 heteroatoms. The molecule has 1 aliphatic rings. The van der Waals surface area contributed by atoms with E-state index in [1.54, 1.807) is 0 Å². The number of hydrogen-bond acceptors (Lipinski definition) is 8. The predicted octanol–water partition coefficient (Wildman–Crippen LogP) is 2.62. The first-order valence-corrected chi connectivity index (χ1v) is 13.1. The average Bonchev–Trinajstić information content (AvgIpc) is 3.33. The van der Waals surface area contributed by atoms with Gasteiger partial charge in [-0.2, -0.15) is 5.10 Å². The Morgan fingerprint density at radius 2 is 1.97 bits per heavy atom. The Kier molecular flexibility index (Phi) is 10.2. The van der Waals surface area contributed by atoms with Crippen LogP contribution in [0.4, 0.5) is 0 Å². The Labute approximate surface area is 223 Å². The first-order valence-electron chi connectivity index (χ1n) is 13.1. The highest BCUT2D eigenvalue weighted by atomic mass is 16.5. The number of nitrogens with zero attached hydrogens (tertiary/aromatic N) is 3. The summed E-state index contributed by atoms with van der Waals surface area (Å²) in [6.07, 6.45) is 2.48. The van der Waals surface area contributed by atoms with Crippen molar-refractivity contribution in [1.29, 1.82) is 0 Å². The summed E-state index contributed by atoms with van der Waals surface area (Å²) in [6, 6.07) is 13.7. The van der Waals surface area contributed by atoms with Crippen molar-refractivity contribution in [2.45, 2.75) is 52.0 Å². The van der Waals surface area contributed by atoms with Crippen LogP contribution in [0.15, 0.2) is 53.9 Å². The average molecular weight is 524 g/mol. The van der Waals surface area contributed by atoms with Crippen LogP contribution < -0.4 is 15.5 Å². The van der Waals surface area contributed by atoms with Crippen LogP contribution in [0.5, 0.6) is 5.75 Å². The van der Waals surface area contributed by atoms with Gasteiger partial charge in [0.2, 0.25) is 5.91 Å². The Hall–Kier alpha value is -3.31. The minimum Gasteiger partial charge on any atom is -0.491 e. The largest absolute Gasteiger partial charge is 0.491 e. The van der Waals surface area contributed by atoms with E-state index in [2.05, 4.69) is 25.4 Å². The molecule has 0 radical (unpaired) electrons. The summed E-state index contributed by atoms with van der Waals surface area (Å²) in [6.45, 7) is 7.70. The van der Waals surface area contributed by atoms with Crippen LogP contribution in [0.2, 0.25) is 0 Å². The highest BCUT2D eigenvalue weighted by Gasteiger charge is 2.14. The van der Waals surface area contributed by atoms with Crippen molar-refractivity contribution in [3.05, 3.63) is 59.9 Å². The molecule has 0 saturated heterocycles. The van der Waals surface area contributed by atoms with Gasteiger partial charge in [-0.3, -0.25) is 4.79 Å². The second-order valence-electron chi connectivity index (χ2n) is 9.52. The fourth-order valence-corrected chi connectivity index (χ4v) is 4.04. The molecule has 0 saturated carbocycles. The predicted molar refractivity (Wildman–Crippen MR) is 145 cm³/mol. The molecule has 2 heterocycles. The topological polar surface area (TPSA) is 119 Å². The lowest BCUT2D eigenvalue weighted by atomic mass is 10.0. The number of aromatic nitrogens is 2. The Balaban J connectivity index is 1.13. The van der Waals surface area contributed by atoms with E-state index in [4.69, 9.17) is 14.2 Å². The minimum absolute atomic E-state index is 0.0531. The number of imidazole rings is 1. The Bertz CT molecular complexity index is 1210. The number of aliphatic hydroxyl groups is 1. The number of ether oxygens (including phenoxy) is 3. The van der Waals surface area contributed by atoms with Crippen molar-refractivity contribution >= 4 is 22.7 Å². The van der Waals surface area contributed by atoms with Crippen molar-refractivity contribution < 1.29 is 24.1 Å². The smallest absolute Gasteiger partial charge is 0.240 e. The molecule has 0 spiro atoms. The number of hydrogen-bond donors (Lipinski definition) is 3. The third kappa shape index (κ3) is 8.35. The zero-order valence-electron chi connectivity index (χ0n) is 22.1. The molecule has 38 heavy (non-hydrogen) atoms. The molecule has 1 amide bonds. The van der Waals surface area contributed by atoms with Crippen LogP contribution >= 0.6 is 0 Å². The molecule has 0 fully saturated rings. The van der Waals surface area contributed by atoms with Gasteiger partial charge < -0.3 is 29.2 Å². The first-order chi connectivity index (χ1) is 18.5. The number of carbonyl (C=O) groups excluding carboxylic acids is 1. The molecule has 0 bridgehead atoms. The SMILES string of the molecule is CC(C)OCCOCc1ccc(OCC(O)CNCCn2cnc3cc(C4=NNC(=O)CC4)ccc32)cc1.